The molecule has 0 unspecified atom stereocenters. The molecule has 11 atom stereocenters. The lowest BCUT2D eigenvalue weighted by Gasteiger charge is -2.70. The molecule has 0 aromatic rings. The highest BCUT2D eigenvalue weighted by atomic mass is 16.5. The van der Waals surface area contributed by atoms with Gasteiger partial charge in [-0.3, -0.25) is 19.3 Å². The molecule has 0 spiro atoms. The lowest BCUT2D eigenvalue weighted by Crippen LogP contribution is -2.66. The fourth-order valence-corrected chi connectivity index (χ4v) is 13.9. The summed E-state index contributed by atoms with van der Waals surface area (Å²) in [6.07, 6.45) is 16.9. The SMILES string of the molecule is CC(=O)O[C@@H]1CC[C@]2(C)[C@H](CC[C@]3(C)[C@@H]2C(=O)C=C2[C@@H]4C[C@](C)(C(=O)OC[C@@H]5CCCN6CCCC[C@H]56)CC[C@]4(C)CC[C@]23C)C1(C)C. The third-order valence-corrected chi connectivity index (χ3v) is 17.0. The first-order valence-corrected chi connectivity index (χ1v) is 19.8. The van der Waals surface area contributed by atoms with Gasteiger partial charge in [-0.1, -0.05) is 53.5 Å². The van der Waals surface area contributed by atoms with E-state index in [1.165, 1.54) is 57.7 Å². The summed E-state index contributed by atoms with van der Waals surface area (Å²) in [6, 6.07) is 0.577. The summed E-state index contributed by atoms with van der Waals surface area (Å²) in [4.78, 5) is 43.6. The predicted octanol–water partition coefficient (Wildman–Crippen LogP) is 8.71. The van der Waals surface area contributed by atoms with E-state index in [1.54, 1.807) is 0 Å². The Kier molecular flexibility index (Phi) is 8.45. The van der Waals surface area contributed by atoms with Crippen molar-refractivity contribution < 1.29 is 23.9 Å². The average molecular weight is 664 g/mol. The first-order valence-electron chi connectivity index (χ1n) is 19.8. The number of esters is 2. The van der Waals surface area contributed by atoms with E-state index in [4.69, 9.17) is 9.47 Å². The van der Waals surface area contributed by atoms with Gasteiger partial charge >= 0.3 is 11.9 Å². The van der Waals surface area contributed by atoms with E-state index in [0.29, 0.717) is 30.3 Å². The fraction of sp³-hybridized carbons (Fsp3) is 0.881. The Hall–Kier alpha value is -1.69. The highest BCUT2D eigenvalue weighted by Crippen LogP contribution is 2.75. The maximum atomic E-state index is 14.8. The quantitative estimate of drug-likeness (QED) is 0.280. The summed E-state index contributed by atoms with van der Waals surface area (Å²) >= 11 is 0. The van der Waals surface area contributed by atoms with E-state index in [9.17, 15) is 14.4 Å². The minimum atomic E-state index is -0.520. The van der Waals surface area contributed by atoms with Gasteiger partial charge in [0.25, 0.3) is 0 Å². The summed E-state index contributed by atoms with van der Waals surface area (Å²) in [5.41, 5.74) is 0.364. The summed E-state index contributed by atoms with van der Waals surface area (Å²) in [6.45, 7) is 21.0. The largest absolute Gasteiger partial charge is 0.465 e. The van der Waals surface area contributed by atoms with Gasteiger partial charge in [-0.25, -0.2) is 0 Å². The molecule has 6 nitrogen and oxygen atoms in total. The highest BCUT2D eigenvalue weighted by molar-refractivity contribution is 5.95. The van der Waals surface area contributed by atoms with Crippen LogP contribution in [0.1, 0.15) is 145 Å². The number of rotatable bonds is 4. The Morgan fingerprint density at radius 3 is 2.33 bits per heavy atom. The number of carbonyl (C=O) groups is 3. The number of fused-ring (bicyclic) bond motifs is 8. The van der Waals surface area contributed by atoms with Crippen LogP contribution in [0.5, 0.6) is 0 Å². The molecule has 7 rings (SSSR count). The number of piperidine rings is 2. The van der Waals surface area contributed by atoms with Crippen molar-refractivity contribution in [2.75, 3.05) is 19.7 Å². The van der Waals surface area contributed by atoms with Gasteiger partial charge in [0, 0.05) is 30.2 Å². The summed E-state index contributed by atoms with van der Waals surface area (Å²) in [7, 11) is 0. The second kappa shape index (κ2) is 11.7. The molecule has 0 aromatic heterocycles. The number of carbonyl (C=O) groups excluding carboxylic acids is 3. The molecule has 4 saturated carbocycles. The number of allylic oxidation sites excluding steroid dienone is 2. The van der Waals surface area contributed by atoms with Crippen LogP contribution in [-0.4, -0.2) is 54.5 Å². The molecule has 7 aliphatic rings. The third kappa shape index (κ3) is 5.05. The first kappa shape index (κ1) is 34.7. The molecule has 5 aliphatic carbocycles. The summed E-state index contributed by atoms with van der Waals surface area (Å²) < 4.78 is 12.2. The molecule has 0 N–H and O–H groups in total. The zero-order valence-electron chi connectivity index (χ0n) is 31.6. The van der Waals surface area contributed by atoms with Crippen molar-refractivity contribution in [3.05, 3.63) is 11.6 Å². The van der Waals surface area contributed by atoms with Crippen LogP contribution in [-0.2, 0) is 23.9 Å². The van der Waals surface area contributed by atoms with Gasteiger partial charge in [0.1, 0.15) is 6.10 Å². The van der Waals surface area contributed by atoms with Crippen LogP contribution < -0.4 is 0 Å². The van der Waals surface area contributed by atoms with Gasteiger partial charge < -0.3 is 9.47 Å². The van der Waals surface area contributed by atoms with Crippen LogP contribution in [0.25, 0.3) is 0 Å². The van der Waals surface area contributed by atoms with Crippen molar-refractivity contribution in [2.24, 2.45) is 56.2 Å². The average Bonchev–Trinajstić information content (AvgIpc) is 3.03. The number of ketones is 1. The van der Waals surface area contributed by atoms with E-state index in [1.807, 2.05) is 0 Å². The minimum absolute atomic E-state index is 0.00336. The topological polar surface area (TPSA) is 72.9 Å². The van der Waals surface area contributed by atoms with Crippen LogP contribution in [0.4, 0.5) is 0 Å². The summed E-state index contributed by atoms with van der Waals surface area (Å²) in [5, 5.41) is 0. The minimum Gasteiger partial charge on any atom is -0.465 e. The molecule has 2 saturated heterocycles. The maximum absolute atomic E-state index is 14.8. The van der Waals surface area contributed by atoms with E-state index >= 15 is 0 Å². The van der Waals surface area contributed by atoms with Crippen molar-refractivity contribution in [1.29, 1.82) is 0 Å². The number of hydrogen-bond donors (Lipinski definition) is 0. The third-order valence-electron chi connectivity index (χ3n) is 17.0. The Balaban J connectivity index is 1.15. The van der Waals surface area contributed by atoms with Crippen molar-refractivity contribution in [3.63, 3.8) is 0 Å². The molecule has 0 radical (unpaired) electrons. The van der Waals surface area contributed by atoms with Crippen molar-refractivity contribution in [2.45, 2.75) is 157 Å². The van der Waals surface area contributed by atoms with Crippen LogP contribution in [0, 0.1) is 56.2 Å². The Morgan fingerprint density at radius 2 is 1.58 bits per heavy atom. The number of nitrogens with zero attached hydrogens (tertiary/aromatic N) is 1. The molecule has 0 bridgehead atoms. The molecular formula is C42H65NO5. The Bertz CT molecular complexity index is 1370. The van der Waals surface area contributed by atoms with Crippen molar-refractivity contribution in [1.82, 2.24) is 4.90 Å². The Labute approximate surface area is 290 Å². The van der Waals surface area contributed by atoms with Crippen LogP contribution in [0.2, 0.25) is 0 Å². The zero-order chi connectivity index (χ0) is 34.5. The van der Waals surface area contributed by atoms with Crippen molar-refractivity contribution in [3.8, 4) is 0 Å². The molecular weight excluding hydrogens is 598 g/mol. The molecule has 0 amide bonds. The van der Waals surface area contributed by atoms with E-state index < -0.39 is 5.41 Å². The van der Waals surface area contributed by atoms with E-state index in [0.717, 1.165) is 57.8 Å². The van der Waals surface area contributed by atoms with Crippen molar-refractivity contribution >= 4 is 17.7 Å². The zero-order valence-corrected chi connectivity index (χ0v) is 31.6. The van der Waals surface area contributed by atoms with Gasteiger partial charge in [-0.15, -0.1) is 0 Å². The predicted molar refractivity (Wildman–Crippen MR) is 188 cm³/mol. The number of hydrogen-bond acceptors (Lipinski definition) is 6. The second-order valence-electron chi connectivity index (χ2n) is 19.8. The number of ether oxygens (including phenoxy) is 2. The molecule has 6 heteroatoms. The molecule has 0 aromatic carbocycles. The molecule has 268 valence electrons. The monoisotopic (exact) mass is 663 g/mol. The van der Waals surface area contributed by atoms with E-state index in [-0.39, 0.29) is 57.0 Å². The van der Waals surface area contributed by atoms with Crippen LogP contribution >= 0.6 is 0 Å². The van der Waals surface area contributed by atoms with Gasteiger partial charge in [0.15, 0.2) is 5.78 Å². The second-order valence-corrected chi connectivity index (χ2v) is 19.8. The molecule has 2 aliphatic heterocycles. The molecule has 2 heterocycles. The molecule has 48 heavy (non-hydrogen) atoms. The standard InChI is InChI=1S/C42H65NO5/c1-27(44)48-34-15-16-40(6)33(37(34,2)3)14-17-42(8)35(40)32(45)24-29-30-25-39(5,19-18-38(30,4)20-21-41(29,42)7)36(46)47-26-28-12-11-23-43-22-10-9-13-31(28)43/h24,28,30-31,33-35H,9-23,25-26H2,1-8H3/t28-,30-,31+,33+,34+,35+,38+,39+,40+,41+,42+/m0/s1. The van der Waals surface area contributed by atoms with Gasteiger partial charge in [-0.05, 0) is 143 Å². The Morgan fingerprint density at radius 1 is 0.854 bits per heavy atom. The van der Waals surface area contributed by atoms with Gasteiger partial charge in [0.05, 0.1) is 12.0 Å². The lowest BCUT2D eigenvalue weighted by atomic mass is 9.33. The van der Waals surface area contributed by atoms with E-state index in [2.05, 4.69) is 59.4 Å². The highest BCUT2D eigenvalue weighted by Gasteiger charge is 2.70. The fourth-order valence-electron chi connectivity index (χ4n) is 13.9. The van der Waals surface area contributed by atoms with Crippen LogP contribution in [0.3, 0.4) is 0 Å². The first-order chi connectivity index (χ1) is 22.5. The maximum Gasteiger partial charge on any atom is 0.311 e. The van der Waals surface area contributed by atoms with Gasteiger partial charge in [-0.2, -0.15) is 0 Å². The lowest BCUT2D eigenvalue weighted by molar-refractivity contribution is -0.210. The smallest absolute Gasteiger partial charge is 0.311 e. The van der Waals surface area contributed by atoms with Gasteiger partial charge in [0.2, 0.25) is 0 Å². The molecule has 6 fully saturated rings. The normalized spacial score (nSPS) is 48.4. The summed E-state index contributed by atoms with van der Waals surface area (Å²) in [5.74, 6) is 1.05. The van der Waals surface area contributed by atoms with Crippen LogP contribution in [0.15, 0.2) is 11.6 Å².